The summed E-state index contributed by atoms with van der Waals surface area (Å²) in [7, 11) is -2.38. The molecule has 1 aliphatic heterocycles. The Hall–Kier alpha value is -2.85. The number of nitrogens with one attached hydrogen (secondary N) is 2. The van der Waals surface area contributed by atoms with E-state index < -0.39 is 16.0 Å². The molecule has 1 fully saturated rings. The van der Waals surface area contributed by atoms with Gasteiger partial charge >= 0.3 is 5.97 Å². The number of aromatic amines is 1. The second-order valence-electron chi connectivity index (χ2n) is 7.70. The van der Waals surface area contributed by atoms with E-state index in [2.05, 4.69) is 10.3 Å². The lowest BCUT2D eigenvalue weighted by Crippen LogP contribution is -2.41. The maximum absolute atomic E-state index is 13.4. The van der Waals surface area contributed by atoms with Crippen LogP contribution >= 0.6 is 0 Å². The zero-order valence-corrected chi connectivity index (χ0v) is 19.5. The number of H-pyrrole nitrogens is 1. The first kappa shape index (κ1) is 23.8. The molecule has 1 aliphatic rings. The third-order valence-corrected chi connectivity index (χ3v) is 7.63. The minimum Gasteiger partial charge on any atom is -0.497 e. The number of aromatic nitrogens is 1. The van der Waals surface area contributed by atoms with Gasteiger partial charge in [0.1, 0.15) is 16.2 Å². The Kier molecular flexibility index (Phi) is 7.25. The van der Waals surface area contributed by atoms with Crippen LogP contribution in [0.5, 0.6) is 5.75 Å². The average molecular weight is 464 g/mol. The molecule has 1 saturated heterocycles. The molecule has 1 aromatic heterocycles. The number of piperidine rings is 1. The lowest BCUT2D eigenvalue weighted by molar-refractivity contribution is -0.120. The molecule has 1 aromatic carbocycles. The summed E-state index contributed by atoms with van der Waals surface area (Å²) >= 11 is 0. The maximum Gasteiger partial charge on any atom is 0.341 e. The van der Waals surface area contributed by atoms with E-state index >= 15 is 0 Å². The van der Waals surface area contributed by atoms with Gasteiger partial charge in [0.2, 0.25) is 15.9 Å². The molecule has 0 radical (unpaired) electrons. The van der Waals surface area contributed by atoms with Crippen LogP contribution in [-0.4, -0.2) is 56.4 Å². The van der Waals surface area contributed by atoms with E-state index in [0.717, 1.165) is 0 Å². The summed E-state index contributed by atoms with van der Waals surface area (Å²) in [4.78, 5) is 28.0. The standard InChI is InChI=1S/C22H29N3O6S/c1-5-31-22(27)19-14(2)23-15(3)20(19)32(28,29)25-11-9-16(10-12-25)21(26)24-17-7-6-8-18(13-17)30-4/h6-8,13,16,23H,5,9-12H2,1-4H3,(H,24,26). The molecular formula is C22H29N3O6S. The number of ether oxygens (including phenoxy) is 2. The molecule has 10 heteroatoms. The Morgan fingerprint density at radius 3 is 2.50 bits per heavy atom. The molecule has 9 nitrogen and oxygen atoms in total. The van der Waals surface area contributed by atoms with Gasteiger partial charge in [-0.3, -0.25) is 4.79 Å². The Morgan fingerprint density at radius 2 is 1.88 bits per heavy atom. The number of rotatable bonds is 7. The highest BCUT2D eigenvalue weighted by molar-refractivity contribution is 7.89. The first-order valence-corrected chi connectivity index (χ1v) is 11.9. The van der Waals surface area contributed by atoms with E-state index in [4.69, 9.17) is 9.47 Å². The van der Waals surface area contributed by atoms with Crippen LogP contribution in [0.25, 0.3) is 0 Å². The predicted octanol–water partition coefficient (Wildman–Crippen LogP) is 2.86. The molecule has 0 aliphatic carbocycles. The fraction of sp³-hybridized carbons (Fsp3) is 0.455. The number of benzene rings is 1. The van der Waals surface area contributed by atoms with Crippen molar-refractivity contribution in [3.63, 3.8) is 0 Å². The summed E-state index contributed by atoms with van der Waals surface area (Å²) in [5, 5.41) is 2.87. The average Bonchev–Trinajstić information content (AvgIpc) is 3.08. The summed E-state index contributed by atoms with van der Waals surface area (Å²) in [5.74, 6) is -0.499. The van der Waals surface area contributed by atoms with E-state index in [0.29, 0.717) is 35.7 Å². The van der Waals surface area contributed by atoms with Crippen molar-refractivity contribution in [3.05, 3.63) is 41.2 Å². The number of carbonyl (C=O) groups is 2. The molecule has 0 saturated carbocycles. The highest BCUT2D eigenvalue weighted by Crippen LogP contribution is 2.31. The van der Waals surface area contributed by atoms with Gasteiger partial charge in [-0.1, -0.05) is 6.07 Å². The van der Waals surface area contributed by atoms with Gasteiger partial charge in [-0.05, 0) is 45.7 Å². The summed E-state index contributed by atoms with van der Waals surface area (Å²) in [6.45, 7) is 5.46. The lowest BCUT2D eigenvalue weighted by Gasteiger charge is -2.30. The highest BCUT2D eigenvalue weighted by atomic mass is 32.2. The van der Waals surface area contributed by atoms with Crippen molar-refractivity contribution in [2.24, 2.45) is 5.92 Å². The molecule has 174 valence electrons. The molecule has 0 spiro atoms. The number of methoxy groups -OCH3 is 1. The van der Waals surface area contributed by atoms with Crippen molar-refractivity contribution in [2.45, 2.75) is 38.5 Å². The van der Waals surface area contributed by atoms with Gasteiger partial charge in [-0.15, -0.1) is 0 Å². The summed E-state index contributed by atoms with van der Waals surface area (Å²) in [6, 6.07) is 7.07. The van der Waals surface area contributed by atoms with Crippen LogP contribution in [0.2, 0.25) is 0 Å². The van der Waals surface area contributed by atoms with Crippen molar-refractivity contribution >= 4 is 27.6 Å². The molecule has 2 aromatic rings. The molecular weight excluding hydrogens is 434 g/mol. The minimum atomic E-state index is -3.93. The highest BCUT2D eigenvalue weighted by Gasteiger charge is 2.37. The largest absolute Gasteiger partial charge is 0.497 e. The number of esters is 1. The van der Waals surface area contributed by atoms with E-state index in [-0.39, 0.29) is 42.0 Å². The predicted molar refractivity (Wildman–Crippen MR) is 119 cm³/mol. The first-order chi connectivity index (χ1) is 15.2. The third kappa shape index (κ3) is 4.81. The molecule has 3 rings (SSSR count). The molecule has 0 bridgehead atoms. The van der Waals surface area contributed by atoms with Crippen molar-refractivity contribution in [1.82, 2.24) is 9.29 Å². The smallest absolute Gasteiger partial charge is 0.341 e. The zero-order valence-electron chi connectivity index (χ0n) is 18.7. The fourth-order valence-corrected chi connectivity index (χ4v) is 5.84. The topological polar surface area (TPSA) is 118 Å². The number of nitrogens with zero attached hydrogens (tertiary/aromatic N) is 1. The Bertz CT molecular complexity index is 1100. The zero-order chi connectivity index (χ0) is 23.5. The van der Waals surface area contributed by atoms with Crippen LogP contribution < -0.4 is 10.1 Å². The Labute approximate surface area is 188 Å². The minimum absolute atomic E-state index is 0.0437. The van der Waals surface area contributed by atoms with E-state index in [1.165, 1.54) is 4.31 Å². The van der Waals surface area contributed by atoms with Crippen LogP contribution in [0, 0.1) is 19.8 Å². The number of carbonyl (C=O) groups excluding carboxylic acids is 2. The second-order valence-corrected chi connectivity index (χ2v) is 9.57. The molecule has 2 heterocycles. The summed E-state index contributed by atoms with van der Waals surface area (Å²) < 4.78 is 38.3. The third-order valence-electron chi connectivity index (χ3n) is 5.56. The van der Waals surface area contributed by atoms with Crippen molar-refractivity contribution in [2.75, 3.05) is 32.1 Å². The second kappa shape index (κ2) is 9.74. The molecule has 32 heavy (non-hydrogen) atoms. The molecule has 1 amide bonds. The van der Waals surface area contributed by atoms with Crippen molar-refractivity contribution < 1.29 is 27.5 Å². The van der Waals surface area contributed by atoms with Crippen LogP contribution in [-0.2, 0) is 19.6 Å². The number of hydrogen-bond acceptors (Lipinski definition) is 6. The number of amides is 1. The van der Waals surface area contributed by atoms with Gasteiger partial charge in [0, 0.05) is 42.1 Å². The van der Waals surface area contributed by atoms with E-state index in [1.807, 2.05) is 0 Å². The van der Waals surface area contributed by atoms with E-state index in [9.17, 15) is 18.0 Å². The van der Waals surface area contributed by atoms with E-state index in [1.54, 1.807) is 52.1 Å². The molecule has 0 unspecified atom stereocenters. The maximum atomic E-state index is 13.4. The van der Waals surface area contributed by atoms with Crippen LogP contribution in [0.15, 0.2) is 29.2 Å². The SMILES string of the molecule is CCOC(=O)c1c(C)[nH]c(C)c1S(=O)(=O)N1CCC(C(=O)Nc2cccc(OC)c2)CC1. The van der Waals surface area contributed by atoms with Gasteiger partial charge in [0.15, 0.2) is 0 Å². The van der Waals surface area contributed by atoms with Crippen molar-refractivity contribution in [3.8, 4) is 5.75 Å². The summed E-state index contributed by atoms with van der Waals surface area (Å²) in [6.07, 6.45) is 0.762. The van der Waals surface area contributed by atoms with Crippen molar-refractivity contribution in [1.29, 1.82) is 0 Å². The number of sulfonamides is 1. The summed E-state index contributed by atoms with van der Waals surface area (Å²) in [5.41, 5.74) is 1.51. The van der Waals surface area contributed by atoms with Gasteiger partial charge < -0.3 is 19.8 Å². The fourth-order valence-electron chi connectivity index (χ4n) is 3.96. The lowest BCUT2D eigenvalue weighted by atomic mass is 9.97. The Morgan fingerprint density at radius 1 is 1.19 bits per heavy atom. The number of anilines is 1. The van der Waals surface area contributed by atoms with Crippen LogP contribution in [0.1, 0.15) is 41.5 Å². The normalized spacial score (nSPS) is 15.4. The Balaban J connectivity index is 1.72. The van der Waals surface area contributed by atoms with Gasteiger partial charge in [-0.2, -0.15) is 4.31 Å². The van der Waals surface area contributed by atoms with Gasteiger partial charge in [0.25, 0.3) is 0 Å². The van der Waals surface area contributed by atoms with Gasteiger partial charge in [0.05, 0.1) is 13.7 Å². The molecule has 2 N–H and O–H groups in total. The number of aryl methyl sites for hydroxylation is 2. The first-order valence-electron chi connectivity index (χ1n) is 10.5. The molecule has 0 atom stereocenters. The van der Waals surface area contributed by atoms with Crippen LogP contribution in [0.3, 0.4) is 0 Å². The van der Waals surface area contributed by atoms with Crippen LogP contribution in [0.4, 0.5) is 5.69 Å². The van der Waals surface area contributed by atoms with Gasteiger partial charge in [-0.25, -0.2) is 13.2 Å². The quantitative estimate of drug-likeness (QED) is 0.610. The number of hydrogen-bond donors (Lipinski definition) is 2. The monoisotopic (exact) mass is 463 g/mol.